The Bertz CT molecular complexity index is 319. The van der Waals surface area contributed by atoms with Crippen LogP contribution in [0.15, 0.2) is 0 Å². The highest BCUT2D eigenvalue weighted by Crippen LogP contribution is 2.13. The normalized spacial score (nSPS) is 21.6. The highest BCUT2D eigenvalue weighted by Gasteiger charge is 2.22. The molecule has 0 saturated carbocycles. The van der Waals surface area contributed by atoms with Crippen LogP contribution in [0.1, 0.15) is 32.6 Å². The minimum Gasteiger partial charge on any atom is -0.317 e. The molecule has 1 rings (SSSR count). The third-order valence-electron chi connectivity index (χ3n) is 3.48. The molecule has 0 aromatic carbocycles. The van der Waals surface area contributed by atoms with E-state index in [2.05, 4.69) is 28.9 Å². The summed E-state index contributed by atoms with van der Waals surface area (Å²) in [6.45, 7) is 5.54. The van der Waals surface area contributed by atoms with Crippen LogP contribution in [-0.4, -0.2) is 58.3 Å². The molecule has 1 fully saturated rings. The largest absolute Gasteiger partial charge is 0.317 e. The number of likely N-dealkylation sites (N-methyl/N-ethyl adjacent to an activating group) is 1. The minimum atomic E-state index is -3.08. The van der Waals surface area contributed by atoms with Gasteiger partial charge in [-0.15, -0.1) is 0 Å². The van der Waals surface area contributed by atoms with Crippen molar-refractivity contribution in [2.45, 2.75) is 38.6 Å². The number of unbranched alkanes of at least 4 members (excludes halogenated alkanes) is 1. The second-order valence-corrected chi connectivity index (χ2v) is 6.93. The number of hydrogen-bond acceptors (Lipinski definition) is 4. The van der Waals surface area contributed by atoms with E-state index in [0.29, 0.717) is 12.6 Å². The van der Waals surface area contributed by atoms with Gasteiger partial charge in [-0.2, -0.15) is 0 Å². The Balaban J connectivity index is 2.15. The summed E-state index contributed by atoms with van der Waals surface area (Å²) in [4.78, 5) is 2.23. The molecule has 1 atom stereocenters. The summed E-state index contributed by atoms with van der Waals surface area (Å²) >= 11 is 0. The predicted octanol–water partition coefficient (Wildman–Crippen LogP) is 0.390. The van der Waals surface area contributed by atoms with Crippen molar-refractivity contribution >= 4 is 10.0 Å². The van der Waals surface area contributed by atoms with Crippen LogP contribution in [0.3, 0.4) is 0 Å². The van der Waals surface area contributed by atoms with E-state index in [0.717, 1.165) is 38.9 Å². The Morgan fingerprint density at radius 2 is 2.11 bits per heavy atom. The molecule has 0 aromatic heterocycles. The van der Waals surface area contributed by atoms with E-state index >= 15 is 0 Å². The molecule has 1 unspecified atom stereocenters. The van der Waals surface area contributed by atoms with E-state index in [9.17, 15) is 8.42 Å². The van der Waals surface area contributed by atoms with Gasteiger partial charge in [0.25, 0.3) is 0 Å². The van der Waals surface area contributed by atoms with Crippen LogP contribution in [-0.2, 0) is 10.0 Å². The molecule has 0 aromatic rings. The third-order valence-corrected chi connectivity index (χ3v) is 4.91. The molecule has 1 heterocycles. The maximum absolute atomic E-state index is 11.8. The van der Waals surface area contributed by atoms with Crippen LogP contribution < -0.4 is 10.0 Å². The zero-order valence-electron chi connectivity index (χ0n) is 11.6. The lowest BCUT2D eigenvalue weighted by atomic mass is 10.2. The van der Waals surface area contributed by atoms with Crippen molar-refractivity contribution in [1.82, 2.24) is 14.9 Å². The van der Waals surface area contributed by atoms with Gasteiger partial charge in [0.15, 0.2) is 0 Å². The monoisotopic (exact) mass is 277 g/mol. The summed E-state index contributed by atoms with van der Waals surface area (Å²) in [7, 11) is -1.03. The molecule has 1 aliphatic rings. The first kappa shape index (κ1) is 15.9. The summed E-state index contributed by atoms with van der Waals surface area (Å²) < 4.78 is 26.3. The molecular weight excluding hydrogens is 250 g/mol. The number of nitrogens with one attached hydrogen (secondary N) is 2. The van der Waals surface area contributed by atoms with Gasteiger partial charge in [-0.3, -0.25) is 0 Å². The maximum atomic E-state index is 11.8. The molecule has 5 nitrogen and oxygen atoms in total. The topological polar surface area (TPSA) is 61.4 Å². The molecular formula is C12H27N3O2S. The van der Waals surface area contributed by atoms with Crippen molar-refractivity contribution in [3.05, 3.63) is 0 Å². The predicted molar refractivity (Wildman–Crippen MR) is 75.2 cm³/mol. The zero-order valence-corrected chi connectivity index (χ0v) is 12.4. The van der Waals surface area contributed by atoms with Crippen LogP contribution in [0.5, 0.6) is 0 Å². The Labute approximate surface area is 111 Å². The van der Waals surface area contributed by atoms with Crippen LogP contribution in [0.2, 0.25) is 0 Å². The van der Waals surface area contributed by atoms with Gasteiger partial charge in [0.2, 0.25) is 10.0 Å². The van der Waals surface area contributed by atoms with Crippen LogP contribution in [0.4, 0.5) is 0 Å². The lowest BCUT2D eigenvalue weighted by Gasteiger charge is -2.19. The Morgan fingerprint density at radius 1 is 1.33 bits per heavy atom. The van der Waals surface area contributed by atoms with Gasteiger partial charge in [-0.25, -0.2) is 13.1 Å². The summed E-state index contributed by atoms with van der Waals surface area (Å²) in [6, 6.07) is 0.376. The van der Waals surface area contributed by atoms with Crippen molar-refractivity contribution < 1.29 is 8.42 Å². The van der Waals surface area contributed by atoms with Crippen LogP contribution in [0.25, 0.3) is 0 Å². The summed E-state index contributed by atoms with van der Waals surface area (Å²) in [5.74, 6) is 0.245. The SMILES string of the molecule is CCNCCCCS(=O)(=O)NCC1CCCN1C. The van der Waals surface area contributed by atoms with Crippen molar-refractivity contribution in [1.29, 1.82) is 0 Å². The van der Waals surface area contributed by atoms with Gasteiger partial charge in [-0.05, 0) is 52.4 Å². The maximum Gasteiger partial charge on any atom is 0.211 e. The molecule has 0 radical (unpaired) electrons. The Hall–Kier alpha value is -0.170. The Kier molecular flexibility index (Phi) is 7.14. The van der Waals surface area contributed by atoms with E-state index in [1.165, 1.54) is 6.42 Å². The zero-order chi connectivity index (χ0) is 13.4. The van der Waals surface area contributed by atoms with Gasteiger partial charge in [0.1, 0.15) is 0 Å². The molecule has 1 saturated heterocycles. The summed E-state index contributed by atoms with van der Waals surface area (Å²) in [5, 5.41) is 3.20. The first-order valence-corrected chi connectivity index (χ1v) is 8.58. The number of hydrogen-bond donors (Lipinski definition) is 2. The van der Waals surface area contributed by atoms with E-state index in [4.69, 9.17) is 0 Å². The molecule has 0 aliphatic carbocycles. The fourth-order valence-electron chi connectivity index (χ4n) is 2.25. The van der Waals surface area contributed by atoms with E-state index in [1.54, 1.807) is 0 Å². The first-order valence-electron chi connectivity index (χ1n) is 6.93. The van der Waals surface area contributed by atoms with E-state index < -0.39 is 10.0 Å². The van der Waals surface area contributed by atoms with Crippen molar-refractivity contribution in [2.75, 3.05) is 39.0 Å². The smallest absolute Gasteiger partial charge is 0.211 e. The van der Waals surface area contributed by atoms with Gasteiger partial charge >= 0.3 is 0 Å². The Morgan fingerprint density at radius 3 is 2.72 bits per heavy atom. The van der Waals surface area contributed by atoms with Crippen LogP contribution in [0, 0.1) is 0 Å². The fourth-order valence-corrected chi connectivity index (χ4v) is 3.43. The molecule has 2 N–H and O–H groups in total. The third kappa shape index (κ3) is 6.13. The number of rotatable bonds is 9. The molecule has 108 valence electrons. The average molecular weight is 277 g/mol. The molecule has 18 heavy (non-hydrogen) atoms. The number of likely N-dealkylation sites (tertiary alicyclic amines) is 1. The van der Waals surface area contributed by atoms with E-state index in [1.807, 2.05) is 0 Å². The number of nitrogens with zero attached hydrogens (tertiary/aromatic N) is 1. The van der Waals surface area contributed by atoms with Crippen LogP contribution >= 0.6 is 0 Å². The average Bonchev–Trinajstić information content (AvgIpc) is 2.72. The summed E-state index contributed by atoms with van der Waals surface area (Å²) in [5.41, 5.74) is 0. The minimum absolute atomic E-state index is 0.245. The molecule has 6 heteroatoms. The lowest BCUT2D eigenvalue weighted by molar-refractivity contribution is 0.311. The van der Waals surface area contributed by atoms with Gasteiger partial charge in [0.05, 0.1) is 5.75 Å². The first-order chi connectivity index (χ1) is 8.55. The second kappa shape index (κ2) is 8.09. The number of sulfonamides is 1. The highest BCUT2D eigenvalue weighted by molar-refractivity contribution is 7.89. The quantitative estimate of drug-likeness (QED) is 0.599. The summed E-state index contributed by atoms with van der Waals surface area (Å²) in [6.07, 6.45) is 3.91. The lowest BCUT2D eigenvalue weighted by Crippen LogP contribution is -2.39. The van der Waals surface area contributed by atoms with Gasteiger partial charge in [-0.1, -0.05) is 6.92 Å². The molecule has 0 bridgehead atoms. The van der Waals surface area contributed by atoms with E-state index in [-0.39, 0.29) is 5.75 Å². The van der Waals surface area contributed by atoms with Crippen molar-refractivity contribution in [3.8, 4) is 0 Å². The van der Waals surface area contributed by atoms with Gasteiger partial charge in [0, 0.05) is 12.6 Å². The van der Waals surface area contributed by atoms with Crippen molar-refractivity contribution in [2.24, 2.45) is 0 Å². The standard InChI is InChI=1S/C12H27N3O2S/c1-3-13-8-4-5-10-18(16,17)14-11-12-7-6-9-15(12)2/h12-14H,3-11H2,1-2H3. The second-order valence-electron chi connectivity index (χ2n) is 5.00. The van der Waals surface area contributed by atoms with Gasteiger partial charge < -0.3 is 10.2 Å². The van der Waals surface area contributed by atoms with Crippen molar-refractivity contribution in [3.63, 3.8) is 0 Å². The highest BCUT2D eigenvalue weighted by atomic mass is 32.2. The molecule has 0 amide bonds. The molecule has 0 spiro atoms. The molecule has 1 aliphatic heterocycles. The fraction of sp³-hybridized carbons (Fsp3) is 1.00.